The fourth-order valence-corrected chi connectivity index (χ4v) is 0. The summed E-state index contributed by atoms with van der Waals surface area (Å²) in [6, 6.07) is 0. The van der Waals surface area contributed by atoms with E-state index in [-0.39, 0.29) is 18.5 Å². The van der Waals surface area contributed by atoms with Crippen molar-refractivity contribution in [2.75, 3.05) is 0 Å². The van der Waals surface area contributed by atoms with E-state index in [1.165, 1.54) is 4.91 Å². The molecule has 0 aliphatic heterocycles. The van der Waals surface area contributed by atoms with Gasteiger partial charge in [0.15, 0.2) is 0 Å². The van der Waals surface area contributed by atoms with Gasteiger partial charge < -0.3 is 29.5 Å². The summed E-state index contributed by atoms with van der Waals surface area (Å²) in [5.41, 5.74) is 13.5. The Labute approximate surface area is 98.2 Å². The molecule has 0 rings (SSSR count). The van der Waals surface area contributed by atoms with Crippen LogP contribution in [0.1, 0.15) is 0 Å². The van der Waals surface area contributed by atoms with E-state index in [2.05, 4.69) is 0 Å². The molecule has 0 amide bonds. The predicted octanol–water partition coefficient (Wildman–Crippen LogP) is 6.13. The number of nitrogens with zero attached hydrogens (tertiary/aromatic N) is 3. The van der Waals surface area contributed by atoms with Crippen LogP contribution in [0.2, 0.25) is 0 Å². The molecule has 13 heteroatoms. The molecule has 12 N–H and O–H groups in total. The van der Waals surface area contributed by atoms with Crippen molar-refractivity contribution in [1.82, 2.24) is 18.5 Å². The minimum atomic E-state index is -5.15. The molecule has 0 heterocycles. The maximum Gasteiger partial charge on any atom is -0.255 e. The van der Waals surface area contributed by atoms with E-state index in [0.29, 0.717) is 0 Å². The zero-order valence-corrected chi connectivity index (χ0v) is 13.1. The van der Waals surface area contributed by atoms with Crippen molar-refractivity contribution in [2.24, 2.45) is 0 Å². The first-order chi connectivity index (χ1) is 3.86. The fourth-order valence-electron chi connectivity index (χ4n) is 0. The molecule has 94 valence electrons. The molecule has 0 saturated carbocycles. The molecule has 6 nitrogen and oxygen atoms in total. The van der Waals surface area contributed by atoms with Gasteiger partial charge in [-0.3, -0.25) is 4.91 Å². The van der Waals surface area contributed by atoms with Crippen LogP contribution in [-0.2, 0) is 6.48 Å². The van der Waals surface area contributed by atoms with Gasteiger partial charge in [-0.1, -0.05) is 0 Å². The van der Waals surface area contributed by atoms with Crippen molar-refractivity contribution >= 4 is 58.1 Å². The van der Waals surface area contributed by atoms with Gasteiger partial charge in [-0.15, -0.1) is 0 Å². The molecule has 0 aromatic carbocycles. The Morgan fingerprint density at radius 1 is 0.692 bits per heavy atom. The summed E-state index contributed by atoms with van der Waals surface area (Å²) >= 11 is 0. The van der Waals surface area contributed by atoms with Crippen molar-refractivity contribution < 1.29 is 6.48 Å². The van der Waals surface area contributed by atoms with Crippen LogP contribution in [0, 0.1) is 0 Å². The van der Waals surface area contributed by atoms with E-state index < -0.39 is 6.48 Å². The zero-order chi connectivity index (χ0) is 9.12. The summed E-state index contributed by atoms with van der Waals surface area (Å²) in [7, 11) is 30.2. The molecule has 0 aliphatic carbocycles. The molecule has 0 unspecified atom stereocenters. The van der Waals surface area contributed by atoms with Crippen LogP contribution in [0.15, 0.2) is 0 Å². The predicted molar refractivity (Wildman–Crippen MR) is 63.1 cm³/mol. The van der Waals surface area contributed by atoms with E-state index in [1.54, 1.807) is 0 Å². The SMILES string of the molecule is [Cl][Rh-3]([Cl])([Cl])([Cl])([Cl])[Cl].[N-]=[N+]=[N-].[NH4+].[NH4+].[NH4+]. The fraction of sp³-hybridized carbons (Fsp3) is 0. The van der Waals surface area contributed by atoms with Crippen LogP contribution in [0.5, 0.6) is 0 Å². The van der Waals surface area contributed by atoms with Gasteiger partial charge in [0, 0.05) is 0 Å². The molecule has 13 heavy (non-hydrogen) atoms. The van der Waals surface area contributed by atoms with Crippen molar-refractivity contribution in [1.29, 1.82) is 0 Å². The van der Waals surface area contributed by atoms with Crippen LogP contribution in [0.25, 0.3) is 16.0 Å². The third-order valence-electron chi connectivity index (χ3n) is 0. The average molecular weight is 412 g/mol. The smallest absolute Gasteiger partial charge is 0.255 e. The number of halogens is 6. The minimum Gasteiger partial charge on any atom is -0.373 e. The summed E-state index contributed by atoms with van der Waals surface area (Å²) in [5.74, 6) is 0. The maximum absolute atomic E-state index is 6.75. The Kier molecular flexibility index (Phi) is 15.6. The second kappa shape index (κ2) is 6.93. The monoisotopic (exact) mass is 409 g/mol. The zero-order valence-electron chi connectivity index (χ0n) is 6.94. The van der Waals surface area contributed by atoms with Crippen molar-refractivity contribution in [3.63, 3.8) is 0 Å². The van der Waals surface area contributed by atoms with E-state index in [1.807, 2.05) is 0 Å². The van der Waals surface area contributed by atoms with Gasteiger partial charge in [-0.2, -0.15) is 0 Å². The summed E-state index contributed by atoms with van der Waals surface area (Å²) in [6.45, 7) is -5.15. The van der Waals surface area contributed by atoms with Crippen molar-refractivity contribution in [2.45, 2.75) is 0 Å². The largest absolute Gasteiger partial charge is 0.373 e. The Morgan fingerprint density at radius 3 is 0.692 bits per heavy atom. The number of hydrogen-bond acceptors (Lipinski definition) is 0. The molecule has 0 radical (unpaired) electrons. The Balaban J connectivity index is -0.0000000320. The minimum absolute atomic E-state index is 0. The second-order valence-electron chi connectivity index (χ2n) is 0.804. The third-order valence-corrected chi connectivity index (χ3v) is 0. The number of rotatable bonds is 0. The Bertz CT molecular complexity index is 133. The maximum atomic E-state index is 6.75. The first kappa shape index (κ1) is 29.3. The molecule has 0 spiro atoms. The molecule has 0 aromatic heterocycles. The number of hydrogen-bond donors (Lipinski definition) is 3. The van der Waals surface area contributed by atoms with Gasteiger partial charge in [0.25, 0.3) is 0 Å². The summed E-state index contributed by atoms with van der Waals surface area (Å²) in [6.07, 6.45) is 0. The summed E-state index contributed by atoms with van der Waals surface area (Å²) in [5, 5.41) is 0. The average Bonchev–Trinajstić information content (AvgIpc) is 1.20. The van der Waals surface area contributed by atoms with E-state index in [4.69, 9.17) is 69.2 Å². The molecular formula is H12Cl6N6Rh-. The third kappa shape index (κ3) is 750. The van der Waals surface area contributed by atoms with Crippen molar-refractivity contribution in [3.8, 4) is 0 Å². The number of quaternary nitrogens is 3. The molecule has 0 fully saturated rings. The van der Waals surface area contributed by atoms with Gasteiger partial charge in [-0.25, -0.2) is 0 Å². The Morgan fingerprint density at radius 2 is 0.692 bits per heavy atom. The molecule has 0 saturated heterocycles. The standard InChI is InChI=1S/6ClH.N3.3H3N.Rh/c;;;;;;1-3-2;;;;/h6*1H;;3*1H3;/q;;;;;;-1;;;;+3/p-3. The quantitative estimate of drug-likeness (QED) is 0.180. The van der Waals surface area contributed by atoms with Gasteiger partial charge in [0.05, 0.1) is 0 Å². The van der Waals surface area contributed by atoms with E-state index in [9.17, 15) is 0 Å². The Hall–Kier alpha value is 1.55. The normalized spacial score (nSPS) is 13.1. The molecule has 0 aliphatic rings. The first-order valence-corrected chi connectivity index (χ1v) is 13.8. The van der Waals surface area contributed by atoms with Gasteiger partial charge in [0.1, 0.15) is 0 Å². The van der Waals surface area contributed by atoms with Gasteiger partial charge in [-0.05, 0) is 0 Å². The van der Waals surface area contributed by atoms with Crippen LogP contribution < -0.4 is 18.5 Å². The molecule has 0 bridgehead atoms. The summed E-state index contributed by atoms with van der Waals surface area (Å²) < 4.78 is 0. The van der Waals surface area contributed by atoms with Crippen LogP contribution in [-0.4, -0.2) is 0 Å². The first-order valence-electron chi connectivity index (χ1n) is 1.16. The van der Waals surface area contributed by atoms with Crippen LogP contribution in [0.3, 0.4) is 0 Å². The van der Waals surface area contributed by atoms with E-state index in [0.717, 1.165) is 0 Å². The molecular weight excluding hydrogens is 400 g/mol. The molecule has 0 aromatic rings. The van der Waals surface area contributed by atoms with Crippen LogP contribution in [0.4, 0.5) is 0 Å². The van der Waals surface area contributed by atoms with Crippen LogP contribution >= 0.6 is 58.1 Å². The van der Waals surface area contributed by atoms with Gasteiger partial charge in [0.2, 0.25) is 0 Å². The summed E-state index contributed by atoms with van der Waals surface area (Å²) in [4.78, 5) is 1.50. The topological polar surface area (TPSA) is 168 Å². The van der Waals surface area contributed by atoms with Gasteiger partial charge >= 0.3 is 64.6 Å². The molecule has 0 atom stereocenters. The van der Waals surface area contributed by atoms with Crippen molar-refractivity contribution in [3.05, 3.63) is 16.0 Å². The second-order valence-corrected chi connectivity index (χ2v) is 38.1. The van der Waals surface area contributed by atoms with E-state index >= 15 is 0 Å².